The SMILES string of the molecule is Cc1cnc(NCc2ccon2)cc1N. The maximum Gasteiger partial charge on any atom is 0.128 e. The number of aryl methyl sites for hydroxylation is 1. The number of nitrogen functional groups attached to an aromatic ring is 1. The van der Waals surface area contributed by atoms with Crippen LogP contribution < -0.4 is 11.1 Å². The molecule has 0 unspecified atom stereocenters. The molecule has 0 aromatic carbocycles. The van der Waals surface area contributed by atoms with Gasteiger partial charge in [0.05, 0.1) is 6.54 Å². The van der Waals surface area contributed by atoms with Crippen molar-refractivity contribution in [1.82, 2.24) is 10.1 Å². The maximum atomic E-state index is 5.76. The minimum atomic E-state index is 0.575. The fourth-order valence-corrected chi connectivity index (χ4v) is 1.15. The summed E-state index contributed by atoms with van der Waals surface area (Å²) in [6.45, 7) is 2.50. The second kappa shape index (κ2) is 4.00. The first-order valence-corrected chi connectivity index (χ1v) is 4.61. The van der Waals surface area contributed by atoms with Gasteiger partial charge in [0, 0.05) is 24.0 Å². The van der Waals surface area contributed by atoms with Crippen molar-refractivity contribution in [2.75, 3.05) is 11.1 Å². The normalized spacial score (nSPS) is 10.2. The summed E-state index contributed by atoms with van der Waals surface area (Å²) in [7, 11) is 0. The van der Waals surface area contributed by atoms with Crippen LogP contribution in [0.5, 0.6) is 0 Å². The summed E-state index contributed by atoms with van der Waals surface area (Å²) >= 11 is 0. The second-order valence-corrected chi connectivity index (χ2v) is 3.27. The summed E-state index contributed by atoms with van der Waals surface area (Å²) < 4.78 is 4.71. The minimum absolute atomic E-state index is 0.575. The van der Waals surface area contributed by atoms with E-state index < -0.39 is 0 Å². The number of hydrogen-bond acceptors (Lipinski definition) is 5. The molecule has 0 saturated carbocycles. The lowest BCUT2D eigenvalue weighted by atomic mass is 10.2. The zero-order valence-corrected chi connectivity index (χ0v) is 8.40. The highest BCUT2D eigenvalue weighted by Gasteiger charge is 1.99. The van der Waals surface area contributed by atoms with Gasteiger partial charge in [-0.1, -0.05) is 5.16 Å². The molecular weight excluding hydrogens is 192 g/mol. The molecule has 0 aliphatic heterocycles. The number of rotatable bonds is 3. The topological polar surface area (TPSA) is 77.0 Å². The third kappa shape index (κ3) is 2.25. The molecule has 0 radical (unpaired) electrons. The van der Waals surface area contributed by atoms with Gasteiger partial charge in [0.2, 0.25) is 0 Å². The molecule has 5 nitrogen and oxygen atoms in total. The molecule has 0 atom stereocenters. The first-order valence-electron chi connectivity index (χ1n) is 4.61. The van der Waals surface area contributed by atoms with Crippen molar-refractivity contribution in [3.8, 4) is 0 Å². The summed E-state index contributed by atoms with van der Waals surface area (Å²) in [4.78, 5) is 4.19. The number of nitrogens with one attached hydrogen (secondary N) is 1. The van der Waals surface area contributed by atoms with Gasteiger partial charge in [-0.05, 0) is 12.5 Å². The molecular formula is C10H12N4O. The number of nitrogens with zero attached hydrogens (tertiary/aromatic N) is 2. The molecule has 78 valence electrons. The van der Waals surface area contributed by atoms with E-state index in [4.69, 9.17) is 10.3 Å². The maximum absolute atomic E-state index is 5.76. The van der Waals surface area contributed by atoms with Crippen molar-refractivity contribution >= 4 is 11.5 Å². The summed E-state index contributed by atoms with van der Waals surface area (Å²) in [5, 5.41) is 6.88. The van der Waals surface area contributed by atoms with Crippen LogP contribution >= 0.6 is 0 Å². The van der Waals surface area contributed by atoms with Gasteiger partial charge in [-0.3, -0.25) is 0 Å². The zero-order chi connectivity index (χ0) is 10.7. The van der Waals surface area contributed by atoms with E-state index >= 15 is 0 Å². The number of hydrogen-bond donors (Lipinski definition) is 2. The van der Waals surface area contributed by atoms with Gasteiger partial charge in [-0.25, -0.2) is 4.98 Å². The van der Waals surface area contributed by atoms with Gasteiger partial charge in [0.15, 0.2) is 0 Å². The van der Waals surface area contributed by atoms with Crippen molar-refractivity contribution in [2.24, 2.45) is 0 Å². The van der Waals surface area contributed by atoms with E-state index in [2.05, 4.69) is 15.5 Å². The molecule has 3 N–H and O–H groups in total. The molecule has 2 aromatic rings. The standard InChI is InChI=1S/C10H12N4O/c1-7-5-12-10(4-9(7)11)13-6-8-2-3-15-14-8/h2-5H,6H2,1H3,(H3,11,12,13). The lowest BCUT2D eigenvalue weighted by Crippen LogP contribution is -2.02. The molecule has 15 heavy (non-hydrogen) atoms. The monoisotopic (exact) mass is 204 g/mol. The Labute approximate surface area is 87.3 Å². The molecule has 0 bridgehead atoms. The van der Waals surface area contributed by atoms with Gasteiger partial charge < -0.3 is 15.6 Å². The lowest BCUT2D eigenvalue weighted by molar-refractivity contribution is 0.412. The molecule has 0 aliphatic carbocycles. The Kier molecular flexibility index (Phi) is 2.53. The molecule has 0 amide bonds. The Morgan fingerprint density at radius 1 is 1.53 bits per heavy atom. The lowest BCUT2D eigenvalue weighted by Gasteiger charge is -2.05. The van der Waals surface area contributed by atoms with Crippen LogP contribution in [0.25, 0.3) is 0 Å². The van der Waals surface area contributed by atoms with Crippen LogP contribution in [-0.2, 0) is 6.54 Å². The molecule has 0 aliphatic rings. The molecule has 5 heteroatoms. The van der Waals surface area contributed by atoms with E-state index in [0.29, 0.717) is 6.54 Å². The molecule has 2 heterocycles. The quantitative estimate of drug-likeness (QED) is 0.793. The molecule has 0 saturated heterocycles. The molecule has 2 rings (SSSR count). The van der Waals surface area contributed by atoms with Crippen LogP contribution in [0.3, 0.4) is 0 Å². The Morgan fingerprint density at radius 2 is 2.40 bits per heavy atom. The highest BCUT2D eigenvalue weighted by molar-refractivity contribution is 5.53. The number of nitrogens with two attached hydrogens (primary N) is 1. The van der Waals surface area contributed by atoms with Gasteiger partial charge >= 0.3 is 0 Å². The third-order valence-corrected chi connectivity index (χ3v) is 2.09. The van der Waals surface area contributed by atoms with Crippen LogP contribution in [0.1, 0.15) is 11.3 Å². The summed E-state index contributed by atoms with van der Waals surface area (Å²) in [6.07, 6.45) is 3.27. The second-order valence-electron chi connectivity index (χ2n) is 3.27. The van der Waals surface area contributed by atoms with Crippen LogP contribution in [0.4, 0.5) is 11.5 Å². The fourth-order valence-electron chi connectivity index (χ4n) is 1.15. The van der Waals surface area contributed by atoms with E-state index in [0.717, 1.165) is 22.8 Å². The number of anilines is 2. The average Bonchev–Trinajstić information content (AvgIpc) is 2.73. The average molecular weight is 204 g/mol. The Morgan fingerprint density at radius 3 is 3.07 bits per heavy atom. The van der Waals surface area contributed by atoms with Crippen molar-refractivity contribution < 1.29 is 4.52 Å². The van der Waals surface area contributed by atoms with Crippen molar-refractivity contribution in [2.45, 2.75) is 13.5 Å². The van der Waals surface area contributed by atoms with Gasteiger partial charge in [0.25, 0.3) is 0 Å². The van der Waals surface area contributed by atoms with Crippen LogP contribution in [0, 0.1) is 6.92 Å². The number of aromatic nitrogens is 2. The van der Waals surface area contributed by atoms with Gasteiger partial charge in [-0.15, -0.1) is 0 Å². The first kappa shape index (κ1) is 9.51. The van der Waals surface area contributed by atoms with Crippen molar-refractivity contribution in [1.29, 1.82) is 0 Å². The third-order valence-electron chi connectivity index (χ3n) is 2.09. The van der Waals surface area contributed by atoms with E-state index in [1.54, 1.807) is 18.3 Å². The Bertz CT molecular complexity index is 439. The van der Waals surface area contributed by atoms with Gasteiger partial charge in [-0.2, -0.15) is 0 Å². The zero-order valence-electron chi connectivity index (χ0n) is 8.40. The summed E-state index contributed by atoms with van der Waals surface area (Å²) in [5.41, 5.74) is 8.29. The molecule has 0 fully saturated rings. The Hall–Kier alpha value is -2.04. The number of pyridine rings is 1. The van der Waals surface area contributed by atoms with Crippen molar-refractivity contribution in [3.63, 3.8) is 0 Å². The molecule has 2 aromatic heterocycles. The van der Waals surface area contributed by atoms with Crippen LogP contribution in [0.15, 0.2) is 29.1 Å². The molecule has 0 spiro atoms. The van der Waals surface area contributed by atoms with E-state index in [1.165, 1.54) is 6.26 Å². The summed E-state index contributed by atoms with van der Waals surface area (Å²) in [5.74, 6) is 0.737. The minimum Gasteiger partial charge on any atom is -0.398 e. The van der Waals surface area contributed by atoms with E-state index in [9.17, 15) is 0 Å². The van der Waals surface area contributed by atoms with E-state index in [1.807, 2.05) is 6.92 Å². The fraction of sp³-hybridized carbons (Fsp3) is 0.200. The highest BCUT2D eigenvalue weighted by Crippen LogP contribution is 2.13. The highest BCUT2D eigenvalue weighted by atomic mass is 16.5. The van der Waals surface area contributed by atoms with E-state index in [-0.39, 0.29) is 0 Å². The largest absolute Gasteiger partial charge is 0.398 e. The smallest absolute Gasteiger partial charge is 0.128 e. The summed E-state index contributed by atoms with van der Waals surface area (Å²) in [6, 6.07) is 3.60. The predicted molar refractivity (Wildman–Crippen MR) is 57.2 cm³/mol. The van der Waals surface area contributed by atoms with Crippen LogP contribution in [-0.4, -0.2) is 10.1 Å². The Balaban J connectivity index is 2.02. The van der Waals surface area contributed by atoms with Gasteiger partial charge in [0.1, 0.15) is 17.8 Å². The van der Waals surface area contributed by atoms with Crippen molar-refractivity contribution in [3.05, 3.63) is 35.9 Å². The van der Waals surface area contributed by atoms with Crippen LogP contribution in [0.2, 0.25) is 0 Å². The first-order chi connectivity index (χ1) is 7.25. The predicted octanol–water partition coefficient (Wildman–Crippen LogP) is 1.57.